The Morgan fingerprint density at radius 2 is 2.42 bits per heavy atom. The second-order valence-corrected chi connectivity index (χ2v) is 2.26. The van der Waals surface area contributed by atoms with E-state index in [-0.39, 0.29) is 18.3 Å². The van der Waals surface area contributed by atoms with Gasteiger partial charge < -0.3 is 10.5 Å². The summed E-state index contributed by atoms with van der Waals surface area (Å²) in [7, 11) is 2.97. The van der Waals surface area contributed by atoms with Crippen LogP contribution in [-0.2, 0) is 23.0 Å². The van der Waals surface area contributed by atoms with Crippen LogP contribution in [0.3, 0.4) is 0 Å². The number of nitrogens with two attached hydrogens (primary N) is 1. The summed E-state index contributed by atoms with van der Waals surface area (Å²) in [5, 5.41) is 3.88. The van der Waals surface area contributed by atoms with Crippen LogP contribution < -0.4 is 5.73 Å². The Kier molecular flexibility index (Phi) is 2.27. The smallest absolute Gasteiger partial charge is 0.313 e. The number of nitrogens with zero attached hydrogens (tertiary/aromatic N) is 3. The maximum absolute atomic E-state index is 10.7. The van der Waals surface area contributed by atoms with Crippen LogP contribution in [0.4, 0.5) is 5.95 Å². The molecule has 66 valence electrons. The van der Waals surface area contributed by atoms with E-state index in [0.717, 1.165) is 0 Å². The van der Waals surface area contributed by atoms with Gasteiger partial charge in [-0.05, 0) is 0 Å². The van der Waals surface area contributed by atoms with Crippen LogP contribution in [0.1, 0.15) is 5.82 Å². The molecule has 6 heteroatoms. The topological polar surface area (TPSA) is 83.0 Å². The molecule has 0 amide bonds. The number of methoxy groups -OCH3 is 1. The normalized spacial score (nSPS) is 9.83. The summed E-state index contributed by atoms with van der Waals surface area (Å²) in [6.07, 6.45) is 0.0571. The van der Waals surface area contributed by atoms with E-state index in [1.165, 1.54) is 11.8 Å². The molecule has 0 bridgehead atoms. The van der Waals surface area contributed by atoms with Gasteiger partial charge >= 0.3 is 5.97 Å². The van der Waals surface area contributed by atoms with Gasteiger partial charge in [-0.25, -0.2) is 4.68 Å². The molecular formula is C6H10N4O2. The Bertz CT molecular complexity index is 274. The summed E-state index contributed by atoms with van der Waals surface area (Å²) in [6.45, 7) is 0. The number of carbonyl (C=O) groups is 1. The molecule has 0 saturated heterocycles. The van der Waals surface area contributed by atoms with E-state index in [2.05, 4.69) is 14.8 Å². The van der Waals surface area contributed by atoms with Gasteiger partial charge in [0.25, 0.3) is 0 Å². The van der Waals surface area contributed by atoms with E-state index in [0.29, 0.717) is 5.82 Å². The number of aryl methyl sites for hydroxylation is 1. The average molecular weight is 170 g/mol. The molecule has 0 aliphatic carbocycles. The van der Waals surface area contributed by atoms with Crippen LogP contribution in [0.25, 0.3) is 0 Å². The molecule has 6 nitrogen and oxygen atoms in total. The molecule has 0 aliphatic heterocycles. The molecule has 0 unspecified atom stereocenters. The van der Waals surface area contributed by atoms with Crippen molar-refractivity contribution in [1.82, 2.24) is 14.8 Å². The van der Waals surface area contributed by atoms with Crippen molar-refractivity contribution in [3.8, 4) is 0 Å². The Morgan fingerprint density at radius 3 is 2.83 bits per heavy atom. The molecular weight excluding hydrogens is 160 g/mol. The molecule has 0 spiro atoms. The van der Waals surface area contributed by atoms with Crippen LogP contribution in [0, 0.1) is 0 Å². The van der Waals surface area contributed by atoms with E-state index in [1.54, 1.807) is 7.05 Å². The molecule has 0 aromatic carbocycles. The fourth-order valence-corrected chi connectivity index (χ4v) is 0.727. The van der Waals surface area contributed by atoms with Crippen LogP contribution >= 0.6 is 0 Å². The first-order valence-electron chi connectivity index (χ1n) is 3.35. The molecule has 1 aromatic rings. The van der Waals surface area contributed by atoms with E-state index in [9.17, 15) is 4.79 Å². The fourth-order valence-electron chi connectivity index (χ4n) is 0.727. The van der Waals surface area contributed by atoms with Crippen molar-refractivity contribution in [2.75, 3.05) is 12.8 Å². The molecule has 0 saturated carbocycles. The van der Waals surface area contributed by atoms with Crippen molar-refractivity contribution in [3.05, 3.63) is 5.82 Å². The largest absolute Gasteiger partial charge is 0.469 e. The minimum atomic E-state index is -0.374. The molecule has 2 N–H and O–H groups in total. The molecule has 0 aliphatic rings. The van der Waals surface area contributed by atoms with Crippen molar-refractivity contribution < 1.29 is 9.53 Å². The monoisotopic (exact) mass is 170 g/mol. The van der Waals surface area contributed by atoms with Crippen molar-refractivity contribution in [3.63, 3.8) is 0 Å². The molecule has 0 fully saturated rings. The van der Waals surface area contributed by atoms with Crippen LogP contribution in [0.2, 0.25) is 0 Å². The summed E-state index contributed by atoms with van der Waals surface area (Å²) in [4.78, 5) is 14.6. The molecule has 1 heterocycles. The third-order valence-electron chi connectivity index (χ3n) is 1.37. The highest BCUT2D eigenvalue weighted by atomic mass is 16.5. The van der Waals surface area contributed by atoms with Gasteiger partial charge in [0.15, 0.2) is 5.82 Å². The van der Waals surface area contributed by atoms with Crippen LogP contribution in [0.15, 0.2) is 0 Å². The van der Waals surface area contributed by atoms with Gasteiger partial charge in [-0.2, -0.15) is 10.1 Å². The van der Waals surface area contributed by atoms with E-state index in [1.807, 2.05) is 0 Å². The highest BCUT2D eigenvalue weighted by molar-refractivity contribution is 5.71. The third kappa shape index (κ3) is 1.71. The quantitative estimate of drug-likeness (QED) is 0.582. The summed E-state index contributed by atoms with van der Waals surface area (Å²) < 4.78 is 5.84. The van der Waals surface area contributed by atoms with Gasteiger partial charge in [0.2, 0.25) is 5.95 Å². The highest BCUT2D eigenvalue weighted by Crippen LogP contribution is 1.98. The van der Waals surface area contributed by atoms with Crippen molar-refractivity contribution in [1.29, 1.82) is 0 Å². The second kappa shape index (κ2) is 3.21. The van der Waals surface area contributed by atoms with Gasteiger partial charge in [-0.3, -0.25) is 4.79 Å². The molecule has 1 rings (SSSR count). The number of esters is 1. The van der Waals surface area contributed by atoms with Crippen molar-refractivity contribution in [2.45, 2.75) is 6.42 Å². The lowest BCUT2D eigenvalue weighted by atomic mass is 10.4. The number of aromatic nitrogens is 3. The first-order chi connectivity index (χ1) is 5.63. The zero-order valence-electron chi connectivity index (χ0n) is 6.94. The standard InChI is InChI=1S/C6H10N4O2/c1-10-6(7)8-4(9-10)3-5(11)12-2/h3H2,1-2H3,(H2,7,8,9). The van der Waals surface area contributed by atoms with E-state index >= 15 is 0 Å². The zero-order valence-corrected chi connectivity index (χ0v) is 6.94. The molecule has 0 radical (unpaired) electrons. The maximum Gasteiger partial charge on any atom is 0.313 e. The Morgan fingerprint density at radius 1 is 1.75 bits per heavy atom. The Labute approximate surface area is 69.3 Å². The number of hydrogen-bond donors (Lipinski definition) is 1. The lowest BCUT2D eigenvalue weighted by Crippen LogP contribution is -2.06. The number of anilines is 1. The van der Waals surface area contributed by atoms with Gasteiger partial charge in [-0.15, -0.1) is 0 Å². The number of rotatable bonds is 2. The third-order valence-corrected chi connectivity index (χ3v) is 1.37. The number of nitrogen functional groups attached to an aromatic ring is 1. The van der Waals surface area contributed by atoms with Crippen LogP contribution in [0.5, 0.6) is 0 Å². The molecule has 12 heavy (non-hydrogen) atoms. The van der Waals surface area contributed by atoms with Gasteiger partial charge in [0.1, 0.15) is 6.42 Å². The maximum atomic E-state index is 10.7. The number of carbonyl (C=O) groups excluding carboxylic acids is 1. The Hall–Kier alpha value is -1.59. The fraction of sp³-hybridized carbons (Fsp3) is 0.500. The summed E-state index contributed by atoms with van der Waals surface area (Å²) in [5.74, 6) is 0.288. The van der Waals surface area contributed by atoms with Crippen LogP contribution in [-0.4, -0.2) is 27.8 Å². The first kappa shape index (κ1) is 8.51. The summed E-state index contributed by atoms with van der Waals surface area (Å²) >= 11 is 0. The average Bonchev–Trinajstić information content (AvgIpc) is 2.31. The van der Waals surface area contributed by atoms with E-state index in [4.69, 9.17) is 5.73 Å². The number of ether oxygens (including phenoxy) is 1. The van der Waals surface area contributed by atoms with Gasteiger partial charge in [-0.1, -0.05) is 0 Å². The predicted octanol–water partition coefficient (Wildman–Crippen LogP) is -0.887. The number of hydrogen-bond acceptors (Lipinski definition) is 5. The second-order valence-electron chi connectivity index (χ2n) is 2.26. The lowest BCUT2D eigenvalue weighted by Gasteiger charge is -1.92. The highest BCUT2D eigenvalue weighted by Gasteiger charge is 2.08. The lowest BCUT2D eigenvalue weighted by molar-refractivity contribution is -0.139. The SMILES string of the molecule is COC(=O)Cc1nc(N)n(C)n1. The molecule has 1 aromatic heterocycles. The van der Waals surface area contributed by atoms with Gasteiger partial charge in [0.05, 0.1) is 7.11 Å². The summed E-state index contributed by atoms with van der Waals surface area (Å²) in [6, 6.07) is 0. The predicted molar refractivity (Wildman–Crippen MR) is 41.1 cm³/mol. The minimum absolute atomic E-state index is 0.0571. The minimum Gasteiger partial charge on any atom is -0.469 e. The molecule has 0 atom stereocenters. The zero-order chi connectivity index (χ0) is 9.14. The first-order valence-corrected chi connectivity index (χ1v) is 3.35. The van der Waals surface area contributed by atoms with Crippen molar-refractivity contribution >= 4 is 11.9 Å². The van der Waals surface area contributed by atoms with Crippen molar-refractivity contribution in [2.24, 2.45) is 7.05 Å². The van der Waals surface area contributed by atoms with E-state index < -0.39 is 0 Å². The summed E-state index contributed by atoms with van der Waals surface area (Å²) in [5.41, 5.74) is 5.40. The van der Waals surface area contributed by atoms with Gasteiger partial charge in [0, 0.05) is 7.05 Å². The Balaban J connectivity index is 2.70.